The molecule has 0 aliphatic carbocycles. The first-order valence-corrected chi connectivity index (χ1v) is 8.54. The Morgan fingerprint density at radius 3 is 2.52 bits per heavy atom. The van der Waals surface area contributed by atoms with Crippen molar-refractivity contribution in [3.05, 3.63) is 75.9 Å². The number of aryl methyl sites for hydroxylation is 2. The second kappa shape index (κ2) is 8.26. The van der Waals surface area contributed by atoms with Crippen molar-refractivity contribution in [3.8, 4) is 0 Å². The molecule has 0 bridgehead atoms. The molecule has 3 aromatic rings. The summed E-state index contributed by atoms with van der Waals surface area (Å²) < 4.78 is 3.35. The van der Waals surface area contributed by atoms with Crippen molar-refractivity contribution < 1.29 is 9.72 Å². The van der Waals surface area contributed by atoms with E-state index >= 15 is 0 Å². The van der Waals surface area contributed by atoms with Crippen LogP contribution in [0.4, 0.5) is 5.69 Å². The van der Waals surface area contributed by atoms with E-state index in [9.17, 15) is 14.9 Å². The minimum absolute atomic E-state index is 0.0451. The largest absolute Gasteiger partial charge is 0.352 e. The first-order valence-electron chi connectivity index (χ1n) is 8.54. The van der Waals surface area contributed by atoms with Crippen LogP contribution in [0.1, 0.15) is 27.9 Å². The lowest BCUT2D eigenvalue weighted by molar-refractivity contribution is -0.385. The predicted octanol–water partition coefficient (Wildman–Crippen LogP) is 2.16. The van der Waals surface area contributed by atoms with Gasteiger partial charge in [-0.25, -0.2) is 0 Å². The van der Waals surface area contributed by atoms with Gasteiger partial charge in [-0.2, -0.15) is 10.2 Å². The molecule has 0 fully saturated rings. The van der Waals surface area contributed by atoms with Gasteiger partial charge in [0.05, 0.1) is 17.7 Å². The Morgan fingerprint density at radius 1 is 1.15 bits per heavy atom. The number of carbonyl (C=O) groups is 1. The second-order valence-corrected chi connectivity index (χ2v) is 6.24. The minimum atomic E-state index is -0.482. The van der Waals surface area contributed by atoms with Crippen LogP contribution in [0.5, 0.6) is 0 Å². The van der Waals surface area contributed by atoms with Gasteiger partial charge in [0.2, 0.25) is 0 Å². The Hall–Kier alpha value is -3.49. The maximum atomic E-state index is 12.2. The van der Waals surface area contributed by atoms with Crippen molar-refractivity contribution in [2.75, 3.05) is 6.54 Å². The van der Waals surface area contributed by atoms with Crippen molar-refractivity contribution in [3.63, 3.8) is 0 Å². The highest BCUT2D eigenvalue weighted by atomic mass is 16.6. The maximum Gasteiger partial charge on any atom is 0.307 e. The second-order valence-electron chi connectivity index (χ2n) is 6.24. The number of nitrogens with zero attached hydrogens (tertiary/aromatic N) is 5. The molecule has 3 rings (SSSR count). The molecule has 0 aliphatic heterocycles. The molecule has 9 nitrogen and oxygen atoms in total. The summed E-state index contributed by atoms with van der Waals surface area (Å²) in [5.41, 5.74) is 2.54. The molecule has 0 spiro atoms. The van der Waals surface area contributed by atoms with Gasteiger partial charge >= 0.3 is 5.69 Å². The van der Waals surface area contributed by atoms with Crippen molar-refractivity contribution in [2.24, 2.45) is 0 Å². The van der Waals surface area contributed by atoms with E-state index in [1.807, 2.05) is 36.1 Å². The Labute approximate surface area is 155 Å². The van der Waals surface area contributed by atoms with Gasteiger partial charge in [-0.15, -0.1) is 0 Å². The lowest BCUT2D eigenvalue weighted by atomic mass is 10.1. The number of hydrogen-bond acceptors (Lipinski definition) is 5. The summed E-state index contributed by atoms with van der Waals surface area (Å²) in [4.78, 5) is 22.4. The fourth-order valence-corrected chi connectivity index (χ4v) is 2.62. The Balaban J connectivity index is 1.47. The minimum Gasteiger partial charge on any atom is -0.352 e. The third-order valence-corrected chi connectivity index (χ3v) is 4.00. The Morgan fingerprint density at radius 2 is 1.89 bits per heavy atom. The zero-order chi connectivity index (χ0) is 19.2. The van der Waals surface area contributed by atoms with E-state index in [1.165, 1.54) is 17.1 Å². The maximum absolute atomic E-state index is 12.2. The molecule has 0 aliphatic rings. The number of hydrogen-bond donors (Lipinski definition) is 1. The molecular formula is C18H20N6O3. The summed E-state index contributed by atoms with van der Waals surface area (Å²) in [5.74, 6) is -0.132. The smallest absolute Gasteiger partial charge is 0.307 e. The van der Waals surface area contributed by atoms with Gasteiger partial charge in [-0.05, 0) is 36.6 Å². The monoisotopic (exact) mass is 368 g/mol. The molecule has 1 aromatic carbocycles. The molecule has 2 heterocycles. The van der Waals surface area contributed by atoms with E-state index in [0.717, 1.165) is 24.1 Å². The highest BCUT2D eigenvalue weighted by molar-refractivity contribution is 5.94. The Kier molecular flexibility index (Phi) is 5.60. The highest BCUT2D eigenvalue weighted by Gasteiger charge is 2.09. The molecule has 0 atom stereocenters. The number of nitro groups is 1. The fourth-order valence-electron chi connectivity index (χ4n) is 2.62. The van der Waals surface area contributed by atoms with Gasteiger partial charge in [0, 0.05) is 24.8 Å². The van der Waals surface area contributed by atoms with E-state index in [-0.39, 0.29) is 11.6 Å². The molecular weight excluding hydrogens is 348 g/mol. The summed E-state index contributed by atoms with van der Waals surface area (Å²) in [6, 6.07) is 7.10. The first-order chi connectivity index (χ1) is 13.0. The van der Waals surface area contributed by atoms with Gasteiger partial charge in [-0.3, -0.25) is 24.3 Å². The van der Waals surface area contributed by atoms with Crippen molar-refractivity contribution in [1.82, 2.24) is 24.9 Å². The van der Waals surface area contributed by atoms with E-state index in [2.05, 4.69) is 15.5 Å². The molecule has 1 amide bonds. The zero-order valence-electron chi connectivity index (χ0n) is 14.9. The number of benzene rings is 1. The van der Waals surface area contributed by atoms with Crippen LogP contribution in [0.15, 0.2) is 49.1 Å². The van der Waals surface area contributed by atoms with Crippen LogP contribution < -0.4 is 5.32 Å². The molecule has 0 saturated heterocycles. The SMILES string of the molecule is Cc1cnn(CCCNC(=O)c2ccc(Cn3cc([N+](=O)[O-])cn3)cc2)c1. The zero-order valence-corrected chi connectivity index (χ0v) is 14.9. The van der Waals surface area contributed by atoms with Crippen molar-refractivity contribution in [1.29, 1.82) is 0 Å². The van der Waals surface area contributed by atoms with Crippen LogP contribution in [-0.2, 0) is 13.1 Å². The number of carbonyl (C=O) groups excluding carboxylic acids is 1. The normalized spacial score (nSPS) is 10.7. The van der Waals surface area contributed by atoms with Crippen LogP contribution in [-0.4, -0.2) is 36.9 Å². The van der Waals surface area contributed by atoms with Crippen LogP contribution in [0.3, 0.4) is 0 Å². The molecule has 9 heteroatoms. The average molecular weight is 368 g/mol. The third kappa shape index (κ3) is 5.00. The number of rotatable bonds is 8. The van der Waals surface area contributed by atoms with Crippen LogP contribution in [0.25, 0.3) is 0 Å². The van der Waals surface area contributed by atoms with Gasteiger partial charge < -0.3 is 5.32 Å². The standard InChI is InChI=1S/C18H20N6O3/c1-14-9-20-22(11-14)8-2-7-19-18(25)16-5-3-15(4-6-16)12-23-13-17(10-21-23)24(26)27/h3-6,9-11,13H,2,7-8,12H2,1H3,(H,19,25). The molecule has 2 aromatic heterocycles. The highest BCUT2D eigenvalue weighted by Crippen LogP contribution is 2.11. The first kappa shape index (κ1) is 18.3. The number of aromatic nitrogens is 4. The van der Waals surface area contributed by atoms with E-state index in [1.54, 1.807) is 12.1 Å². The lowest BCUT2D eigenvalue weighted by Gasteiger charge is -2.07. The number of amides is 1. The molecule has 0 radical (unpaired) electrons. The van der Waals surface area contributed by atoms with Gasteiger partial charge in [0.1, 0.15) is 12.4 Å². The Bertz CT molecular complexity index is 929. The van der Waals surface area contributed by atoms with Gasteiger partial charge in [0.25, 0.3) is 5.91 Å². The van der Waals surface area contributed by atoms with Crippen LogP contribution in [0.2, 0.25) is 0 Å². The lowest BCUT2D eigenvalue weighted by Crippen LogP contribution is -2.25. The van der Waals surface area contributed by atoms with Crippen LogP contribution in [0, 0.1) is 17.0 Å². The van der Waals surface area contributed by atoms with Gasteiger partial charge in [0.15, 0.2) is 0 Å². The molecule has 140 valence electrons. The van der Waals surface area contributed by atoms with Crippen LogP contribution >= 0.6 is 0 Å². The van der Waals surface area contributed by atoms with E-state index in [0.29, 0.717) is 18.7 Å². The average Bonchev–Trinajstić information content (AvgIpc) is 3.28. The summed E-state index contributed by atoms with van der Waals surface area (Å²) in [6.07, 6.45) is 7.16. The topological polar surface area (TPSA) is 108 Å². The van der Waals surface area contributed by atoms with Crippen molar-refractivity contribution in [2.45, 2.75) is 26.4 Å². The van der Waals surface area contributed by atoms with Crippen molar-refractivity contribution >= 4 is 11.6 Å². The molecule has 1 N–H and O–H groups in total. The number of nitrogens with one attached hydrogen (secondary N) is 1. The van der Waals surface area contributed by atoms with E-state index in [4.69, 9.17) is 0 Å². The summed E-state index contributed by atoms with van der Waals surface area (Å²) in [5, 5.41) is 21.7. The fraction of sp³-hybridized carbons (Fsp3) is 0.278. The molecule has 0 unspecified atom stereocenters. The summed E-state index contributed by atoms with van der Waals surface area (Å²) in [7, 11) is 0. The molecule has 27 heavy (non-hydrogen) atoms. The van der Waals surface area contributed by atoms with E-state index < -0.39 is 4.92 Å². The van der Waals surface area contributed by atoms with Gasteiger partial charge in [-0.1, -0.05) is 12.1 Å². The molecule has 0 saturated carbocycles. The quantitative estimate of drug-likeness (QED) is 0.372. The summed E-state index contributed by atoms with van der Waals surface area (Å²) >= 11 is 0. The summed E-state index contributed by atoms with van der Waals surface area (Å²) in [6.45, 7) is 3.71. The predicted molar refractivity (Wildman–Crippen MR) is 98.3 cm³/mol. The third-order valence-electron chi connectivity index (χ3n) is 4.00.